The van der Waals surface area contributed by atoms with Gasteiger partial charge in [0.2, 0.25) is 0 Å². The van der Waals surface area contributed by atoms with E-state index in [1.807, 2.05) is 0 Å². The van der Waals surface area contributed by atoms with Crippen LogP contribution in [0.25, 0.3) is 0 Å². The highest BCUT2D eigenvalue weighted by molar-refractivity contribution is 7.91. The summed E-state index contributed by atoms with van der Waals surface area (Å²) in [5, 5.41) is 0.592. The Kier molecular flexibility index (Phi) is 5.21. The molecular weight excluding hydrogens is 324 g/mol. The molecule has 2 rings (SSSR count). The third-order valence-electron chi connectivity index (χ3n) is 3.11. The molecule has 0 radical (unpaired) electrons. The first-order chi connectivity index (χ1) is 10.4. The summed E-state index contributed by atoms with van der Waals surface area (Å²) in [6, 6.07) is 12.9. The molecule has 2 aromatic rings. The smallest absolute Gasteiger partial charge is 0.339 e. The molecule has 0 aliphatic carbocycles. The van der Waals surface area contributed by atoms with Crippen LogP contribution in [-0.2, 0) is 21.2 Å². The lowest BCUT2D eigenvalue weighted by molar-refractivity contribution is 0.0468. The quantitative estimate of drug-likeness (QED) is 0.783. The van der Waals surface area contributed by atoms with Crippen molar-refractivity contribution >= 4 is 27.4 Å². The number of sulfone groups is 1. The summed E-state index contributed by atoms with van der Waals surface area (Å²) < 4.78 is 29.2. The topological polar surface area (TPSA) is 60.4 Å². The highest BCUT2D eigenvalue weighted by Gasteiger charge is 2.21. The zero-order valence-electron chi connectivity index (χ0n) is 12.0. The normalized spacial score (nSPS) is 11.2. The molecule has 0 heterocycles. The van der Waals surface area contributed by atoms with Crippen molar-refractivity contribution in [3.63, 3.8) is 0 Å². The van der Waals surface area contributed by atoms with Gasteiger partial charge < -0.3 is 4.74 Å². The molecule has 22 heavy (non-hydrogen) atoms. The maximum Gasteiger partial charge on any atom is 0.339 e. The SMILES string of the molecule is CCS(=O)(=O)c1ccccc1C(=O)OCc1ccc(Cl)cc1. The molecule has 0 N–H and O–H groups in total. The average molecular weight is 339 g/mol. The first kappa shape index (κ1) is 16.5. The van der Waals surface area contributed by atoms with Gasteiger partial charge in [0, 0.05) is 5.02 Å². The molecule has 2 aromatic carbocycles. The van der Waals surface area contributed by atoms with Crippen molar-refractivity contribution in [1.82, 2.24) is 0 Å². The molecule has 116 valence electrons. The van der Waals surface area contributed by atoms with Gasteiger partial charge in [-0.2, -0.15) is 0 Å². The highest BCUT2D eigenvalue weighted by atomic mass is 35.5. The number of hydrogen-bond donors (Lipinski definition) is 0. The highest BCUT2D eigenvalue weighted by Crippen LogP contribution is 2.19. The number of rotatable bonds is 5. The zero-order valence-corrected chi connectivity index (χ0v) is 13.5. The Bertz CT molecular complexity index is 767. The van der Waals surface area contributed by atoms with Gasteiger partial charge in [-0.3, -0.25) is 0 Å². The third kappa shape index (κ3) is 3.87. The van der Waals surface area contributed by atoms with Crippen LogP contribution in [0.15, 0.2) is 53.4 Å². The van der Waals surface area contributed by atoms with Crippen LogP contribution in [0.3, 0.4) is 0 Å². The molecule has 0 bridgehead atoms. The second kappa shape index (κ2) is 6.94. The fourth-order valence-electron chi connectivity index (χ4n) is 1.87. The van der Waals surface area contributed by atoms with E-state index >= 15 is 0 Å². The fourth-order valence-corrected chi connectivity index (χ4v) is 3.08. The zero-order chi connectivity index (χ0) is 16.2. The molecule has 6 heteroatoms. The Morgan fingerprint density at radius 2 is 1.73 bits per heavy atom. The Balaban J connectivity index is 2.18. The molecule has 0 saturated carbocycles. The number of carbonyl (C=O) groups is 1. The summed E-state index contributed by atoms with van der Waals surface area (Å²) in [4.78, 5) is 12.2. The van der Waals surface area contributed by atoms with E-state index in [9.17, 15) is 13.2 Å². The molecular formula is C16H15ClO4S. The van der Waals surface area contributed by atoms with Crippen LogP contribution >= 0.6 is 11.6 Å². The van der Waals surface area contributed by atoms with Crippen LogP contribution < -0.4 is 0 Å². The molecule has 0 fully saturated rings. The van der Waals surface area contributed by atoms with Crippen molar-refractivity contribution in [2.75, 3.05) is 5.75 Å². The minimum atomic E-state index is -3.48. The molecule has 0 atom stereocenters. The van der Waals surface area contributed by atoms with Crippen LogP contribution in [0.2, 0.25) is 5.02 Å². The maximum atomic E-state index is 12.2. The molecule has 0 aliphatic rings. The number of hydrogen-bond acceptors (Lipinski definition) is 4. The van der Waals surface area contributed by atoms with Crippen molar-refractivity contribution in [2.45, 2.75) is 18.4 Å². The Labute approximate surface area is 134 Å². The predicted molar refractivity (Wildman–Crippen MR) is 84.7 cm³/mol. The summed E-state index contributed by atoms with van der Waals surface area (Å²) in [6.07, 6.45) is 0. The average Bonchev–Trinajstić information content (AvgIpc) is 2.54. The number of halogens is 1. The summed E-state index contributed by atoms with van der Waals surface area (Å²) >= 11 is 5.78. The molecule has 0 amide bonds. The van der Waals surface area contributed by atoms with Crippen LogP contribution in [0.5, 0.6) is 0 Å². The lowest BCUT2D eigenvalue weighted by atomic mass is 10.2. The second-order valence-corrected chi connectivity index (χ2v) is 7.29. The number of esters is 1. The molecule has 0 unspecified atom stereocenters. The van der Waals surface area contributed by atoms with E-state index in [1.54, 1.807) is 36.4 Å². The number of carbonyl (C=O) groups excluding carboxylic acids is 1. The van der Waals surface area contributed by atoms with E-state index in [4.69, 9.17) is 16.3 Å². The van der Waals surface area contributed by atoms with Crippen LogP contribution in [-0.4, -0.2) is 20.1 Å². The van der Waals surface area contributed by atoms with Gasteiger partial charge in [0.15, 0.2) is 9.84 Å². The standard InChI is InChI=1S/C16H15ClO4S/c1-2-22(19,20)15-6-4-3-5-14(15)16(18)21-11-12-7-9-13(17)10-8-12/h3-10H,2,11H2,1H3. The summed E-state index contributed by atoms with van der Waals surface area (Å²) in [5.74, 6) is -0.739. The minimum absolute atomic E-state index is 0.00129. The summed E-state index contributed by atoms with van der Waals surface area (Å²) in [7, 11) is -3.48. The minimum Gasteiger partial charge on any atom is -0.457 e. The van der Waals surface area contributed by atoms with E-state index < -0.39 is 15.8 Å². The maximum absolute atomic E-state index is 12.2. The second-order valence-electron chi connectivity index (χ2n) is 4.60. The molecule has 0 aliphatic heterocycles. The molecule has 0 aromatic heterocycles. The molecule has 0 spiro atoms. The van der Waals surface area contributed by atoms with Gasteiger partial charge in [-0.15, -0.1) is 0 Å². The van der Waals surface area contributed by atoms with Gasteiger partial charge in [0.1, 0.15) is 6.61 Å². The van der Waals surface area contributed by atoms with Gasteiger partial charge in [0.25, 0.3) is 0 Å². The van der Waals surface area contributed by atoms with E-state index in [-0.39, 0.29) is 22.8 Å². The Morgan fingerprint density at radius 1 is 1.09 bits per heavy atom. The Hall–Kier alpha value is -1.85. The van der Waals surface area contributed by atoms with E-state index in [2.05, 4.69) is 0 Å². The van der Waals surface area contributed by atoms with Gasteiger partial charge in [-0.1, -0.05) is 42.8 Å². The van der Waals surface area contributed by atoms with Crippen molar-refractivity contribution in [3.8, 4) is 0 Å². The molecule has 0 saturated heterocycles. The van der Waals surface area contributed by atoms with Crippen LogP contribution in [0, 0.1) is 0 Å². The van der Waals surface area contributed by atoms with Gasteiger partial charge in [-0.25, -0.2) is 13.2 Å². The first-order valence-electron chi connectivity index (χ1n) is 6.67. The summed E-state index contributed by atoms with van der Waals surface area (Å²) in [5.41, 5.74) is 0.826. The largest absolute Gasteiger partial charge is 0.457 e. The Morgan fingerprint density at radius 3 is 2.36 bits per heavy atom. The van der Waals surface area contributed by atoms with Gasteiger partial charge in [0.05, 0.1) is 16.2 Å². The van der Waals surface area contributed by atoms with Crippen molar-refractivity contribution < 1.29 is 17.9 Å². The number of ether oxygens (including phenoxy) is 1. The van der Waals surface area contributed by atoms with Crippen molar-refractivity contribution in [1.29, 1.82) is 0 Å². The van der Waals surface area contributed by atoms with E-state index in [1.165, 1.54) is 19.1 Å². The molecule has 4 nitrogen and oxygen atoms in total. The fraction of sp³-hybridized carbons (Fsp3) is 0.188. The predicted octanol–water partition coefficient (Wildman–Crippen LogP) is 3.49. The summed E-state index contributed by atoms with van der Waals surface area (Å²) in [6.45, 7) is 1.58. The van der Waals surface area contributed by atoms with Crippen LogP contribution in [0.4, 0.5) is 0 Å². The lowest BCUT2D eigenvalue weighted by Crippen LogP contribution is -2.13. The van der Waals surface area contributed by atoms with Crippen molar-refractivity contribution in [3.05, 3.63) is 64.7 Å². The van der Waals surface area contributed by atoms with E-state index in [0.29, 0.717) is 5.02 Å². The monoisotopic (exact) mass is 338 g/mol. The lowest BCUT2D eigenvalue weighted by Gasteiger charge is -2.09. The van der Waals surface area contributed by atoms with Gasteiger partial charge >= 0.3 is 5.97 Å². The number of benzene rings is 2. The third-order valence-corrected chi connectivity index (χ3v) is 5.14. The van der Waals surface area contributed by atoms with Gasteiger partial charge in [-0.05, 0) is 29.8 Å². The first-order valence-corrected chi connectivity index (χ1v) is 8.70. The van der Waals surface area contributed by atoms with Crippen LogP contribution in [0.1, 0.15) is 22.8 Å². The van der Waals surface area contributed by atoms with Crippen molar-refractivity contribution in [2.24, 2.45) is 0 Å². The van der Waals surface area contributed by atoms with E-state index in [0.717, 1.165) is 5.56 Å².